The Kier molecular flexibility index (Phi) is 6.39. The maximum absolute atomic E-state index is 12.5. The van der Waals surface area contributed by atoms with E-state index in [0.717, 1.165) is 31.5 Å². The molecule has 0 radical (unpaired) electrons. The molecule has 0 spiro atoms. The van der Waals surface area contributed by atoms with Crippen molar-refractivity contribution in [3.05, 3.63) is 59.9 Å². The molecule has 1 aliphatic heterocycles. The molecule has 0 aliphatic carbocycles. The minimum absolute atomic E-state index is 0.0103. The van der Waals surface area contributed by atoms with Crippen LogP contribution in [0.3, 0.4) is 0 Å². The summed E-state index contributed by atoms with van der Waals surface area (Å²) in [6, 6.07) is 12.2. The number of nitrogens with one attached hydrogen (secondary N) is 1. The van der Waals surface area contributed by atoms with Gasteiger partial charge < -0.3 is 19.7 Å². The molecule has 1 N–H and O–H groups in total. The van der Waals surface area contributed by atoms with Crippen LogP contribution in [0.25, 0.3) is 0 Å². The minimum atomic E-state index is -0.0225. The predicted octanol–water partition coefficient (Wildman–Crippen LogP) is 3.52. The van der Waals surface area contributed by atoms with Crippen molar-refractivity contribution in [2.24, 2.45) is 0 Å². The fourth-order valence-corrected chi connectivity index (χ4v) is 3.45. The van der Waals surface area contributed by atoms with Gasteiger partial charge in [-0.3, -0.25) is 4.79 Å². The molecule has 1 aromatic heterocycles. The number of hydrogen-bond donors (Lipinski definition) is 1. The summed E-state index contributed by atoms with van der Waals surface area (Å²) in [5.74, 6) is 0.0103. The van der Waals surface area contributed by atoms with Crippen LogP contribution in [0.15, 0.2) is 48.8 Å². The fraction of sp³-hybridized carbons (Fsp3) is 0.455. The van der Waals surface area contributed by atoms with Crippen molar-refractivity contribution in [3.8, 4) is 0 Å². The van der Waals surface area contributed by atoms with E-state index in [4.69, 9.17) is 0 Å². The second-order valence-corrected chi connectivity index (χ2v) is 7.71. The number of rotatable bonds is 5. The summed E-state index contributed by atoms with van der Waals surface area (Å²) in [7, 11) is 1.81. The first-order chi connectivity index (χ1) is 13.5. The number of carbonyl (C=O) groups excluding carboxylic acids is 2. The Morgan fingerprint density at radius 3 is 2.29 bits per heavy atom. The van der Waals surface area contributed by atoms with E-state index >= 15 is 0 Å². The molecule has 1 aromatic carbocycles. The molecule has 0 unspecified atom stereocenters. The van der Waals surface area contributed by atoms with Gasteiger partial charge in [0.2, 0.25) is 0 Å². The Morgan fingerprint density at radius 1 is 1.11 bits per heavy atom. The topological polar surface area (TPSA) is 57.6 Å². The zero-order valence-electron chi connectivity index (χ0n) is 17.0. The lowest BCUT2D eigenvalue weighted by Crippen LogP contribution is -2.44. The van der Waals surface area contributed by atoms with Crippen LogP contribution < -0.4 is 5.32 Å². The highest BCUT2D eigenvalue weighted by Gasteiger charge is 2.23. The van der Waals surface area contributed by atoms with Crippen LogP contribution >= 0.6 is 0 Å². The summed E-state index contributed by atoms with van der Waals surface area (Å²) in [5, 5.41) is 2.99. The average molecular weight is 383 g/mol. The normalized spacial score (nSPS) is 14.9. The van der Waals surface area contributed by atoms with E-state index < -0.39 is 0 Å². The van der Waals surface area contributed by atoms with Gasteiger partial charge in [0.15, 0.2) is 0 Å². The minimum Gasteiger partial charge on any atom is -0.351 e. The second kappa shape index (κ2) is 8.95. The van der Waals surface area contributed by atoms with Gasteiger partial charge in [0.1, 0.15) is 0 Å². The van der Waals surface area contributed by atoms with Gasteiger partial charge in [-0.25, -0.2) is 4.79 Å². The number of amides is 3. The van der Waals surface area contributed by atoms with Crippen LogP contribution in [-0.4, -0.2) is 52.5 Å². The van der Waals surface area contributed by atoms with E-state index in [9.17, 15) is 9.59 Å². The van der Waals surface area contributed by atoms with E-state index in [1.165, 1.54) is 0 Å². The number of piperidine rings is 1. The molecule has 0 atom stereocenters. The highest BCUT2D eigenvalue weighted by molar-refractivity contribution is 5.94. The van der Waals surface area contributed by atoms with Crippen molar-refractivity contribution in [2.75, 3.05) is 20.1 Å². The molecule has 3 amide bonds. The number of benzene rings is 1. The standard InChI is InChI=1S/C22H30N4O2/c1-17(2)24(3)21(27)19-8-6-18(7-9-19)16-23-22(28)26-14-10-20(11-15-26)25-12-4-5-13-25/h4-9,12-13,17,20H,10-11,14-16H2,1-3H3,(H,23,28). The molecule has 150 valence electrons. The first-order valence-electron chi connectivity index (χ1n) is 9.97. The first kappa shape index (κ1) is 20.0. The van der Waals surface area contributed by atoms with Gasteiger partial charge in [0, 0.05) is 56.7 Å². The van der Waals surface area contributed by atoms with Crippen molar-refractivity contribution in [1.29, 1.82) is 0 Å². The van der Waals surface area contributed by atoms with E-state index in [2.05, 4.69) is 22.3 Å². The van der Waals surface area contributed by atoms with E-state index in [1.807, 2.05) is 55.1 Å². The molecule has 6 heteroatoms. The van der Waals surface area contributed by atoms with Crippen LogP contribution in [0.1, 0.15) is 48.7 Å². The smallest absolute Gasteiger partial charge is 0.317 e. The third-order valence-corrected chi connectivity index (χ3v) is 5.54. The Labute approximate surface area is 167 Å². The zero-order chi connectivity index (χ0) is 20.1. The van der Waals surface area contributed by atoms with Crippen molar-refractivity contribution in [2.45, 2.75) is 45.3 Å². The van der Waals surface area contributed by atoms with Gasteiger partial charge in [-0.2, -0.15) is 0 Å². The van der Waals surface area contributed by atoms with E-state index in [1.54, 1.807) is 11.9 Å². The summed E-state index contributed by atoms with van der Waals surface area (Å²) in [5.41, 5.74) is 1.65. The second-order valence-electron chi connectivity index (χ2n) is 7.71. The van der Waals surface area contributed by atoms with Gasteiger partial charge in [0.05, 0.1) is 0 Å². The largest absolute Gasteiger partial charge is 0.351 e. The molecule has 1 aliphatic rings. The van der Waals surface area contributed by atoms with E-state index in [0.29, 0.717) is 18.2 Å². The van der Waals surface area contributed by atoms with E-state index in [-0.39, 0.29) is 18.0 Å². The summed E-state index contributed by atoms with van der Waals surface area (Å²) in [6.07, 6.45) is 6.13. The fourth-order valence-electron chi connectivity index (χ4n) is 3.45. The maximum Gasteiger partial charge on any atom is 0.317 e. The van der Waals surface area contributed by atoms with Crippen LogP contribution in [0.2, 0.25) is 0 Å². The number of likely N-dealkylation sites (tertiary alicyclic amines) is 1. The van der Waals surface area contributed by atoms with Crippen LogP contribution in [-0.2, 0) is 6.54 Å². The Bertz CT molecular complexity index is 775. The highest BCUT2D eigenvalue weighted by Crippen LogP contribution is 2.22. The monoisotopic (exact) mass is 382 g/mol. The molecule has 6 nitrogen and oxygen atoms in total. The van der Waals surface area contributed by atoms with Gasteiger partial charge in [-0.05, 0) is 56.5 Å². The van der Waals surface area contributed by atoms with Gasteiger partial charge in [-0.15, -0.1) is 0 Å². The van der Waals surface area contributed by atoms with Crippen LogP contribution in [0.4, 0.5) is 4.79 Å². The molecule has 0 bridgehead atoms. The lowest BCUT2D eigenvalue weighted by molar-refractivity contribution is 0.0755. The number of urea groups is 1. The highest BCUT2D eigenvalue weighted by atomic mass is 16.2. The SMILES string of the molecule is CC(C)N(C)C(=O)c1ccc(CNC(=O)N2CCC(n3cccc3)CC2)cc1. The lowest BCUT2D eigenvalue weighted by Gasteiger charge is -2.32. The molecule has 28 heavy (non-hydrogen) atoms. The van der Waals surface area contributed by atoms with Gasteiger partial charge >= 0.3 is 6.03 Å². The van der Waals surface area contributed by atoms with Crippen molar-refractivity contribution in [1.82, 2.24) is 19.7 Å². The van der Waals surface area contributed by atoms with Crippen LogP contribution in [0.5, 0.6) is 0 Å². The molecule has 2 aromatic rings. The Hall–Kier alpha value is -2.76. The third kappa shape index (κ3) is 4.74. The number of carbonyl (C=O) groups is 2. The Balaban J connectivity index is 1.46. The lowest BCUT2D eigenvalue weighted by atomic mass is 10.1. The summed E-state index contributed by atoms with van der Waals surface area (Å²) in [6.45, 7) is 5.98. The van der Waals surface area contributed by atoms with Crippen molar-refractivity contribution in [3.63, 3.8) is 0 Å². The molecule has 3 rings (SSSR count). The quantitative estimate of drug-likeness (QED) is 0.860. The van der Waals surface area contributed by atoms with Gasteiger partial charge in [-0.1, -0.05) is 12.1 Å². The summed E-state index contributed by atoms with van der Waals surface area (Å²) < 4.78 is 2.23. The molecule has 2 heterocycles. The predicted molar refractivity (Wildman–Crippen MR) is 110 cm³/mol. The molecular weight excluding hydrogens is 352 g/mol. The molecular formula is C22H30N4O2. The molecule has 0 saturated carbocycles. The first-order valence-corrected chi connectivity index (χ1v) is 9.97. The Morgan fingerprint density at radius 2 is 1.71 bits per heavy atom. The molecule has 1 fully saturated rings. The summed E-state index contributed by atoms with van der Waals surface area (Å²) >= 11 is 0. The van der Waals surface area contributed by atoms with Crippen molar-refractivity contribution >= 4 is 11.9 Å². The number of aromatic nitrogens is 1. The number of nitrogens with zero attached hydrogens (tertiary/aromatic N) is 3. The third-order valence-electron chi connectivity index (χ3n) is 5.54. The van der Waals surface area contributed by atoms with Crippen LogP contribution in [0, 0.1) is 0 Å². The van der Waals surface area contributed by atoms with Gasteiger partial charge in [0.25, 0.3) is 5.91 Å². The maximum atomic E-state index is 12.5. The molecule has 1 saturated heterocycles. The average Bonchev–Trinajstić information content (AvgIpc) is 3.26. The zero-order valence-corrected chi connectivity index (χ0v) is 17.0. The number of hydrogen-bond acceptors (Lipinski definition) is 2. The summed E-state index contributed by atoms with van der Waals surface area (Å²) in [4.78, 5) is 28.4. The van der Waals surface area contributed by atoms with Crippen molar-refractivity contribution < 1.29 is 9.59 Å².